The lowest BCUT2D eigenvalue weighted by atomic mass is 9.91. The molecule has 0 unspecified atom stereocenters. The number of ether oxygens (including phenoxy) is 1. The number of pyridine rings is 1. The van der Waals surface area contributed by atoms with Crippen LogP contribution in [0.1, 0.15) is 23.3 Å². The number of likely N-dealkylation sites (N-methyl/N-ethyl adjacent to an activating group) is 1. The van der Waals surface area contributed by atoms with Crippen molar-refractivity contribution < 1.29 is 9.84 Å². The number of aromatic nitrogens is 1. The molecule has 1 heterocycles. The third-order valence-corrected chi connectivity index (χ3v) is 4.17. The number of aliphatic hydroxyl groups excluding tert-OH is 1. The number of nitrogens with zero attached hydrogens (tertiary/aromatic N) is 1. The van der Waals surface area contributed by atoms with E-state index in [-0.39, 0.29) is 5.92 Å². The zero-order chi connectivity index (χ0) is 16.1. The lowest BCUT2D eigenvalue weighted by molar-refractivity contribution is 0.139. The molecule has 1 aromatic carbocycles. The van der Waals surface area contributed by atoms with E-state index in [0.29, 0.717) is 28.2 Å². The molecule has 22 heavy (non-hydrogen) atoms. The molecular weight excluding hydrogens is 323 g/mol. The van der Waals surface area contributed by atoms with Crippen molar-refractivity contribution in [2.24, 2.45) is 0 Å². The number of hydrogen-bond acceptors (Lipinski definition) is 4. The number of methoxy groups -OCH3 is 1. The standard InChI is InChI=1S/C16H18Cl2N2O2/c1-19-9-11(10-6-7-12(17)13(18)8-10)16(21)14-4-3-5-15(20-14)22-2/h3-8,11,16,19,21H,9H2,1-2H3/t11-,16+/m1/s1. The van der Waals surface area contributed by atoms with Gasteiger partial charge in [-0.15, -0.1) is 0 Å². The minimum atomic E-state index is -0.792. The first-order chi connectivity index (χ1) is 10.6. The van der Waals surface area contributed by atoms with E-state index in [1.807, 2.05) is 13.1 Å². The van der Waals surface area contributed by atoms with Gasteiger partial charge in [0.05, 0.1) is 22.8 Å². The number of nitrogens with one attached hydrogen (secondary N) is 1. The quantitative estimate of drug-likeness (QED) is 0.845. The minimum absolute atomic E-state index is 0.209. The van der Waals surface area contributed by atoms with Crippen LogP contribution in [0, 0.1) is 0 Å². The predicted molar refractivity (Wildman–Crippen MR) is 88.9 cm³/mol. The van der Waals surface area contributed by atoms with Gasteiger partial charge in [-0.3, -0.25) is 0 Å². The Morgan fingerprint density at radius 2 is 2.00 bits per heavy atom. The Kier molecular flexibility index (Phi) is 6.03. The number of benzene rings is 1. The van der Waals surface area contributed by atoms with Crippen LogP contribution in [-0.4, -0.2) is 30.8 Å². The van der Waals surface area contributed by atoms with Crippen LogP contribution >= 0.6 is 23.2 Å². The van der Waals surface area contributed by atoms with E-state index in [9.17, 15) is 5.11 Å². The zero-order valence-corrected chi connectivity index (χ0v) is 13.9. The molecule has 0 aliphatic heterocycles. The third-order valence-electron chi connectivity index (χ3n) is 3.43. The van der Waals surface area contributed by atoms with Crippen molar-refractivity contribution in [3.05, 3.63) is 57.7 Å². The molecule has 0 amide bonds. The summed E-state index contributed by atoms with van der Waals surface area (Å²) in [6, 6.07) is 10.7. The van der Waals surface area contributed by atoms with E-state index in [2.05, 4.69) is 10.3 Å². The van der Waals surface area contributed by atoms with Gasteiger partial charge in [0.2, 0.25) is 5.88 Å². The van der Waals surface area contributed by atoms with E-state index in [1.165, 1.54) is 0 Å². The second-order valence-electron chi connectivity index (χ2n) is 4.89. The van der Waals surface area contributed by atoms with Crippen molar-refractivity contribution >= 4 is 23.2 Å². The van der Waals surface area contributed by atoms with Crippen molar-refractivity contribution in [2.75, 3.05) is 20.7 Å². The lowest BCUT2D eigenvalue weighted by Crippen LogP contribution is -2.23. The smallest absolute Gasteiger partial charge is 0.213 e. The molecule has 2 N–H and O–H groups in total. The van der Waals surface area contributed by atoms with E-state index >= 15 is 0 Å². The number of rotatable bonds is 6. The van der Waals surface area contributed by atoms with Crippen molar-refractivity contribution in [1.82, 2.24) is 10.3 Å². The molecule has 4 nitrogen and oxygen atoms in total. The van der Waals surface area contributed by atoms with Gasteiger partial charge >= 0.3 is 0 Å². The maximum absolute atomic E-state index is 10.7. The fourth-order valence-corrected chi connectivity index (χ4v) is 2.60. The summed E-state index contributed by atoms with van der Waals surface area (Å²) in [6.07, 6.45) is -0.792. The monoisotopic (exact) mass is 340 g/mol. The number of halogens is 2. The van der Waals surface area contributed by atoms with Gasteiger partial charge in [0.25, 0.3) is 0 Å². The normalized spacial score (nSPS) is 13.7. The Bertz CT molecular complexity index is 637. The summed E-state index contributed by atoms with van der Waals surface area (Å²) < 4.78 is 5.11. The van der Waals surface area contributed by atoms with Crippen LogP contribution in [-0.2, 0) is 0 Å². The van der Waals surface area contributed by atoms with Crippen molar-refractivity contribution in [2.45, 2.75) is 12.0 Å². The molecule has 0 aliphatic rings. The average molecular weight is 341 g/mol. The second-order valence-corrected chi connectivity index (χ2v) is 5.70. The fraction of sp³-hybridized carbons (Fsp3) is 0.312. The molecule has 118 valence electrons. The molecule has 0 spiro atoms. The molecule has 1 aromatic heterocycles. The van der Waals surface area contributed by atoms with Crippen LogP contribution < -0.4 is 10.1 Å². The lowest BCUT2D eigenvalue weighted by Gasteiger charge is -2.23. The molecule has 2 rings (SSSR count). The highest BCUT2D eigenvalue weighted by Crippen LogP contribution is 2.33. The molecule has 0 fully saturated rings. The topological polar surface area (TPSA) is 54.4 Å². The van der Waals surface area contributed by atoms with Crippen LogP contribution in [0.3, 0.4) is 0 Å². The van der Waals surface area contributed by atoms with E-state index in [0.717, 1.165) is 5.56 Å². The average Bonchev–Trinajstić information content (AvgIpc) is 2.54. The largest absolute Gasteiger partial charge is 0.481 e. The van der Waals surface area contributed by atoms with Gasteiger partial charge in [0.1, 0.15) is 6.10 Å². The predicted octanol–water partition coefficient (Wildman–Crippen LogP) is 3.43. The van der Waals surface area contributed by atoms with Crippen LogP contribution in [0.15, 0.2) is 36.4 Å². The maximum atomic E-state index is 10.7. The Balaban J connectivity index is 2.35. The summed E-state index contributed by atoms with van der Waals surface area (Å²) in [4.78, 5) is 4.30. The Morgan fingerprint density at radius 3 is 2.64 bits per heavy atom. The van der Waals surface area contributed by atoms with Gasteiger partial charge in [-0.25, -0.2) is 4.98 Å². The summed E-state index contributed by atoms with van der Waals surface area (Å²) in [5.74, 6) is 0.258. The second kappa shape index (κ2) is 7.79. The summed E-state index contributed by atoms with van der Waals surface area (Å²) in [5, 5.41) is 14.7. The summed E-state index contributed by atoms with van der Waals surface area (Å²) in [5.41, 5.74) is 1.44. The molecular formula is C16H18Cl2N2O2. The third kappa shape index (κ3) is 3.90. The van der Waals surface area contributed by atoms with Crippen LogP contribution in [0.25, 0.3) is 0 Å². The molecule has 6 heteroatoms. The van der Waals surface area contributed by atoms with Gasteiger partial charge in [-0.05, 0) is 30.8 Å². The van der Waals surface area contributed by atoms with E-state index in [1.54, 1.807) is 37.4 Å². The minimum Gasteiger partial charge on any atom is -0.481 e. The van der Waals surface area contributed by atoms with Crippen LogP contribution in [0.4, 0.5) is 0 Å². The highest BCUT2D eigenvalue weighted by atomic mass is 35.5. The first kappa shape index (κ1) is 17.0. The molecule has 0 radical (unpaired) electrons. The summed E-state index contributed by atoms with van der Waals surface area (Å²) in [7, 11) is 3.37. The Morgan fingerprint density at radius 1 is 1.23 bits per heavy atom. The molecule has 2 atom stereocenters. The number of aliphatic hydroxyl groups is 1. The molecule has 2 aromatic rings. The van der Waals surface area contributed by atoms with Gasteiger partial charge < -0.3 is 15.2 Å². The van der Waals surface area contributed by atoms with Gasteiger partial charge in [0.15, 0.2) is 0 Å². The highest BCUT2D eigenvalue weighted by molar-refractivity contribution is 6.42. The summed E-state index contributed by atoms with van der Waals surface area (Å²) >= 11 is 12.0. The first-order valence-corrected chi connectivity index (χ1v) is 7.61. The van der Waals surface area contributed by atoms with Crippen LogP contribution in [0.5, 0.6) is 5.88 Å². The van der Waals surface area contributed by atoms with Gasteiger partial charge in [-0.2, -0.15) is 0 Å². The Labute approximate surface area is 140 Å². The zero-order valence-electron chi connectivity index (χ0n) is 12.4. The summed E-state index contributed by atoms with van der Waals surface area (Å²) in [6.45, 7) is 0.567. The van der Waals surface area contributed by atoms with E-state index < -0.39 is 6.10 Å². The molecule has 0 saturated heterocycles. The van der Waals surface area contributed by atoms with Crippen molar-refractivity contribution in [1.29, 1.82) is 0 Å². The molecule has 0 bridgehead atoms. The van der Waals surface area contributed by atoms with E-state index in [4.69, 9.17) is 27.9 Å². The highest BCUT2D eigenvalue weighted by Gasteiger charge is 2.24. The first-order valence-electron chi connectivity index (χ1n) is 6.85. The maximum Gasteiger partial charge on any atom is 0.213 e. The van der Waals surface area contributed by atoms with Gasteiger partial charge in [0, 0.05) is 18.5 Å². The Hall–Kier alpha value is -1.33. The number of hydrogen-bond donors (Lipinski definition) is 2. The van der Waals surface area contributed by atoms with Crippen molar-refractivity contribution in [3.63, 3.8) is 0 Å². The van der Waals surface area contributed by atoms with Crippen molar-refractivity contribution in [3.8, 4) is 5.88 Å². The molecule has 0 saturated carbocycles. The van der Waals surface area contributed by atoms with Crippen LogP contribution in [0.2, 0.25) is 10.0 Å². The van der Waals surface area contributed by atoms with Gasteiger partial charge in [-0.1, -0.05) is 35.3 Å². The SMILES string of the molecule is CNC[C@H](c1ccc(Cl)c(Cl)c1)[C@H](O)c1cccc(OC)n1. The fourth-order valence-electron chi connectivity index (χ4n) is 2.29. The molecule has 0 aliphatic carbocycles.